The topological polar surface area (TPSA) is 44.8 Å². The third-order valence-electron chi connectivity index (χ3n) is 4.49. The minimum Gasteiger partial charge on any atom is -0.408 e. The van der Waals surface area contributed by atoms with Gasteiger partial charge in [0.2, 0.25) is 5.78 Å². The largest absolute Gasteiger partial charge is 0.408 e. The summed E-state index contributed by atoms with van der Waals surface area (Å²) in [7, 11) is -1.96. The Balaban J connectivity index is 2.29. The van der Waals surface area contributed by atoms with E-state index in [0.29, 0.717) is 4.48 Å². The molecule has 3 atom stereocenters. The molecule has 0 bridgehead atoms. The first-order valence-electron chi connectivity index (χ1n) is 7.29. The highest BCUT2D eigenvalue weighted by Gasteiger charge is 2.53. The van der Waals surface area contributed by atoms with E-state index in [1.54, 1.807) is 0 Å². The fourth-order valence-electron chi connectivity index (χ4n) is 2.31. The van der Waals surface area contributed by atoms with Crippen molar-refractivity contribution >= 4 is 30.0 Å². The van der Waals surface area contributed by atoms with E-state index in [2.05, 4.69) is 49.8 Å². The van der Waals surface area contributed by atoms with Crippen LogP contribution in [0, 0.1) is 0 Å². The first-order valence-corrected chi connectivity index (χ1v) is 11.0. The fourth-order valence-corrected chi connectivity index (χ4v) is 4.03. The number of fused-ring (bicyclic) bond motifs is 1. The van der Waals surface area contributed by atoms with Gasteiger partial charge in [-0.2, -0.15) is 0 Å². The summed E-state index contributed by atoms with van der Waals surface area (Å²) in [4.78, 5) is 12.2. The van der Waals surface area contributed by atoms with Crippen molar-refractivity contribution in [3.8, 4) is 0 Å². The lowest BCUT2D eigenvalue weighted by molar-refractivity contribution is -0.155. The van der Waals surface area contributed by atoms with Crippen molar-refractivity contribution in [2.75, 3.05) is 0 Å². The number of rotatable bonds is 2. The van der Waals surface area contributed by atoms with Crippen LogP contribution in [0.5, 0.6) is 0 Å². The average molecular weight is 377 g/mol. The molecule has 0 spiro atoms. The molecule has 0 radical (unpaired) electrons. The minimum absolute atomic E-state index is 0.0688. The third-order valence-corrected chi connectivity index (χ3v) is 9.62. The molecule has 21 heavy (non-hydrogen) atoms. The normalized spacial score (nSPS) is 32.9. The van der Waals surface area contributed by atoms with Crippen LogP contribution in [0.15, 0.2) is 10.6 Å². The number of ether oxygens (including phenoxy) is 2. The monoisotopic (exact) mass is 376 g/mol. The third kappa shape index (κ3) is 3.34. The molecule has 0 N–H and O–H groups in total. The van der Waals surface area contributed by atoms with Gasteiger partial charge >= 0.3 is 0 Å². The molecule has 0 aromatic rings. The Morgan fingerprint density at radius 1 is 1.29 bits per heavy atom. The van der Waals surface area contributed by atoms with Crippen LogP contribution in [0.1, 0.15) is 34.6 Å². The lowest BCUT2D eigenvalue weighted by atomic mass is 9.98. The maximum atomic E-state index is 12.2. The number of ketones is 1. The van der Waals surface area contributed by atoms with Crippen LogP contribution in [0.2, 0.25) is 18.1 Å². The molecule has 1 heterocycles. The van der Waals surface area contributed by atoms with Crippen LogP contribution < -0.4 is 0 Å². The van der Waals surface area contributed by atoms with E-state index in [1.165, 1.54) is 0 Å². The van der Waals surface area contributed by atoms with Crippen LogP contribution in [0.3, 0.4) is 0 Å². The summed E-state index contributed by atoms with van der Waals surface area (Å²) < 4.78 is 18.7. The SMILES string of the molecule is CC1(C)O[C@@H]2[C@@H](O[Si](C)(C)C(C)(C)C)C=C(Br)C(=O)[C@@H]2O1. The van der Waals surface area contributed by atoms with E-state index in [1.807, 2.05) is 19.9 Å². The van der Waals surface area contributed by atoms with Crippen molar-refractivity contribution < 1.29 is 18.7 Å². The van der Waals surface area contributed by atoms with Crippen LogP contribution >= 0.6 is 15.9 Å². The number of carbonyl (C=O) groups is 1. The summed E-state index contributed by atoms with van der Waals surface area (Å²) in [6.07, 6.45) is 0.608. The highest BCUT2D eigenvalue weighted by molar-refractivity contribution is 9.12. The Labute approximate surface area is 136 Å². The molecular formula is C15H25BrO4Si. The molecule has 1 aliphatic heterocycles. The van der Waals surface area contributed by atoms with Crippen molar-refractivity contribution in [1.29, 1.82) is 0 Å². The van der Waals surface area contributed by atoms with Gasteiger partial charge in [-0.05, 0) is 54.0 Å². The molecule has 2 rings (SSSR count). The summed E-state index contributed by atoms with van der Waals surface area (Å²) in [6, 6.07) is 0. The second kappa shape index (κ2) is 5.27. The summed E-state index contributed by atoms with van der Waals surface area (Å²) in [6.45, 7) is 14.6. The van der Waals surface area contributed by atoms with Gasteiger partial charge in [0, 0.05) is 0 Å². The van der Waals surface area contributed by atoms with Gasteiger partial charge in [0.05, 0.1) is 10.6 Å². The Bertz CT molecular complexity index is 479. The Kier molecular flexibility index (Phi) is 4.35. The molecule has 0 aromatic heterocycles. The first-order chi connectivity index (χ1) is 9.34. The second-order valence-electron chi connectivity index (χ2n) is 7.74. The lowest BCUT2D eigenvalue weighted by Crippen LogP contribution is -2.51. The van der Waals surface area contributed by atoms with Gasteiger partial charge in [-0.1, -0.05) is 20.8 Å². The van der Waals surface area contributed by atoms with Gasteiger partial charge in [-0.3, -0.25) is 4.79 Å². The van der Waals surface area contributed by atoms with Gasteiger partial charge in [-0.25, -0.2) is 0 Å². The van der Waals surface area contributed by atoms with E-state index >= 15 is 0 Å². The average Bonchev–Trinajstić information content (AvgIpc) is 2.60. The van der Waals surface area contributed by atoms with Crippen molar-refractivity contribution in [3.05, 3.63) is 10.6 Å². The number of hydrogen-bond donors (Lipinski definition) is 0. The predicted molar refractivity (Wildman–Crippen MR) is 87.9 cm³/mol. The molecule has 0 unspecified atom stereocenters. The zero-order chi connectivity index (χ0) is 16.2. The molecule has 0 amide bonds. The zero-order valence-corrected chi connectivity index (χ0v) is 16.4. The van der Waals surface area contributed by atoms with E-state index in [4.69, 9.17) is 13.9 Å². The van der Waals surface area contributed by atoms with Gasteiger partial charge in [0.15, 0.2) is 20.2 Å². The molecule has 120 valence electrons. The van der Waals surface area contributed by atoms with Gasteiger partial charge < -0.3 is 13.9 Å². The lowest BCUT2D eigenvalue weighted by Gasteiger charge is -2.41. The zero-order valence-electron chi connectivity index (χ0n) is 13.8. The maximum absolute atomic E-state index is 12.2. The van der Waals surface area contributed by atoms with E-state index < -0.39 is 20.2 Å². The van der Waals surface area contributed by atoms with Crippen molar-refractivity contribution in [3.63, 3.8) is 0 Å². The van der Waals surface area contributed by atoms with Crippen molar-refractivity contribution in [2.24, 2.45) is 0 Å². The summed E-state index contributed by atoms with van der Waals surface area (Å²) in [5.41, 5.74) is 0. The molecule has 1 saturated heterocycles. The van der Waals surface area contributed by atoms with E-state index in [-0.39, 0.29) is 23.0 Å². The number of carbonyl (C=O) groups excluding carboxylic acids is 1. The van der Waals surface area contributed by atoms with Gasteiger partial charge in [0.25, 0.3) is 0 Å². The number of hydrogen-bond acceptors (Lipinski definition) is 4. The summed E-state index contributed by atoms with van der Waals surface area (Å²) in [5.74, 6) is -0.827. The highest BCUT2D eigenvalue weighted by Crippen LogP contribution is 2.42. The standard InChI is InChI=1S/C15H25BrO4Si/c1-14(2,3)21(6,7)20-10-8-9(16)11(17)13-12(10)18-15(4,5)19-13/h8,10,12-13H,1-7H3/t10-,12+,13-/m0/s1. The molecule has 0 saturated carbocycles. The van der Waals surface area contributed by atoms with Crippen LogP contribution in [0.25, 0.3) is 0 Å². The first kappa shape index (κ1) is 17.3. The quantitative estimate of drug-likeness (QED) is 0.688. The van der Waals surface area contributed by atoms with E-state index in [0.717, 1.165) is 0 Å². The number of halogens is 1. The maximum Gasteiger partial charge on any atom is 0.201 e. The Morgan fingerprint density at radius 2 is 1.86 bits per heavy atom. The minimum atomic E-state index is -1.96. The predicted octanol–water partition coefficient (Wildman–Crippen LogP) is 3.76. The summed E-state index contributed by atoms with van der Waals surface area (Å²) in [5, 5.41) is 0.0965. The molecule has 4 nitrogen and oxygen atoms in total. The molecule has 1 fully saturated rings. The molecule has 2 aliphatic rings. The van der Waals surface area contributed by atoms with Crippen LogP contribution in [-0.2, 0) is 18.7 Å². The van der Waals surface area contributed by atoms with Gasteiger partial charge in [0.1, 0.15) is 6.10 Å². The summed E-state index contributed by atoms with van der Waals surface area (Å²) >= 11 is 3.34. The van der Waals surface area contributed by atoms with Crippen LogP contribution in [-0.4, -0.2) is 38.2 Å². The molecule has 0 aromatic carbocycles. The highest BCUT2D eigenvalue weighted by atomic mass is 79.9. The van der Waals surface area contributed by atoms with Crippen molar-refractivity contribution in [2.45, 2.75) is 76.8 Å². The number of Topliss-reactive ketones (excluding diaryl/α,β-unsaturated/α-hetero) is 1. The van der Waals surface area contributed by atoms with Crippen molar-refractivity contribution in [1.82, 2.24) is 0 Å². The Hall–Kier alpha value is -0.0131. The molecular weight excluding hydrogens is 352 g/mol. The van der Waals surface area contributed by atoms with Crippen LogP contribution in [0.4, 0.5) is 0 Å². The Morgan fingerprint density at radius 3 is 2.38 bits per heavy atom. The fraction of sp³-hybridized carbons (Fsp3) is 0.800. The smallest absolute Gasteiger partial charge is 0.201 e. The molecule has 6 heteroatoms. The second-order valence-corrected chi connectivity index (χ2v) is 13.4. The molecule has 1 aliphatic carbocycles. The van der Waals surface area contributed by atoms with Gasteiger partial charge in [-0.15, -0.1) is 0 Å². The van der Waals surface area contributed by atoms with E-state index in [9.17, 15) is 4.79 Å².